The zero-order valence-corrected chi connectivity index (χ0v) is 8.23. The number of aldehydes is 1. The summed E-state index contributed by atoms with van der Waals surface area (Å²) in [5.41, 5.74) is 2.84. The zero-order chi connectivity index (χ0) is 10.4. The van der Waals surface area contributed by atoms with Crippen molar-refractivity contribution in [1.82, 2.24) is 0 Å². The lowest BCUT2D eigenvalue weighted by atomic mass is 10.0. The summed E-state index contributed by atoms with van der Waals surface area (Å²) in [4.78, 5) is 10.5. The molecule has 0 atom stereocenters. The van der Waals surface area contributed by atoms with Gasteiger partial charge in [-0.15, -0.1) is 0 Å². The maximum atomic E-state index is 10.5. The number of hydrogen-bond donors (Lipinski definition) is 1. The van der Waals surface area contributed by atoms with Gasteiger partial charge in [-0.05, 0) is 30.5 Å². The minimum absolute atomic E-state index is 0.156. The molecule has 74 valence electrons. The first-order valence-electron chi connectivity index (χ1n) is 4.61. The van der Waals surface area contributed by atoms with Crippen LogP contribution in [-0.2, 0) is 0 Å². The number of aliphatic hydroxyl groups is 1. The van der Waals surface area contributed by atoms with Gasteiger partial charge in [0, 0.05) is 12.2 Å². The lowest BCUT2D eigenvalue weighted by Gasteiger charge is -2.00. The second-order valence-corrected chi connectivity index (χ2v) is 3.15. The fourth-order valence-electron chi connectivity index (χ4n) is 1.20. The van der Waals surface area contributed by atoms with E-state index in [-0.39, 0.29) is 6.61 Å². The predicted molar refractivity (Wildman–Crippen MR) is 57.3 cm³/mol. The molecule has 2 nitrogen and oxygen atoms in total. The molecule has 1 aromatic rings. The van der Waals surface area contributed by atoms with E-state index in [2.05, 4.69) is 0 Å². The van der Waals surface area contributed by atoms with Crippen LogP contribution < -0.4 is 0 Å². The molecular formula is C12H14O2. The van der Waals surface area contributed by atoms with Crippen LogP contribution in [0.3, 0.4) is 0 Å². The Kier molecular flexibility index (Phi) is 4.08. The zero-order valence-electron chi connectivity index (χ0n) is 8.23. The molecule has 1 aromatic carbocycles. The molecule has 2 heteroatoms. The van der Waals surface area contributed by atoms with E-state index in [9.17, 15) is 4.79 Å². The highest BCUT2D eigenvalue weighted by molar-refractivity contribution is 5.76. The van der Waals surface area contributed by atoms with E-state index in [0.29, 0.717) is 12.0 Å². The summed E-state index contributed by atoms with van der Waals surface area (Å²) in [6.07, 6.45) is 5.31. The molecule has 0 saturated carbocycles. The van der Waals surface area contributed by atoms with Crippen molar-refractivity contribution >= 4 is 12.4 Å². The van der Waals surface area contributed by atoms with Crippen molar-refractivity contribution in [3.05, 3.63) is 41.0 Å². The minimum Gasteiger partial charge on any atom is -0.396 e. The van der Waals surface area contributed by atoms with Crippen molar-refractivity contribution in [3.63, 3.8) is 0 Å². The molecule has 0 aromatic heterocycles. The molecule has 0 aliphatic carbocycles. The van der Waals surface area contributed by atoms with Crippen LogP contribution in [0, 0.1) is 6.92 Å². The van der Waals surface area contributed by atoms with Gasteiger partial charge in [0.25, 0.3) is 0 Å². The lowest BCUT2D eigenvalue weighted by Crippen LogP contribution is -1.85. The van der Waals surface area contributed by atoms with Crippen molar-refractivity contribution < 1.29 is 9.90 Å². The highest BCUT2D eigenvalue weighted by atomic mass is 16.2. The first-order chi connectivity index (χ1) is 6.77. The molecule has 0 spiro atoms. The van der Waals surface area contributed by atoms with E-state index < -0.39 is 0 Å². The van der Waals surface area contributed by atoms with Gasteiger partial charge in [-0.25, -0.2) is 0 Å². The third-order valence-electron chi connectivity index (χ3n) is 2.03. The standard InChI is InChI=1S/C12H14O2/c1-10-5-6-11(9-14)8-12(10)4-2-3-7-13/h2,4-6,8-9,13H,3,7H2,1H3. The van der Waals surface area contributed by atoms with Gasteiger partial charge in [-0.1, -0.05) is 24.3 Å². The minimum atomic E-state index is 0.156. The van der Waals surface area contributed by atoms with Gasteiger partial charge in [0.2, 0.25) is 0 Å². The maximum absolute atomic E-state index is 10.5. The Bertz CT molecular complexity index is 340. The highest BCUT2D eigenvalue weighted by Gasteiger charge is 1.95. The van der Waals surface area contributed by atoms with E-state index in [1.165, 1.54) is 0 Å². The van der Waals surface area contributed by atoms with Gasteiger partial charge in [-0.3, -0.25) is 4.79 Å². The molecular weight excluding hydrogens is 176 g/mol. The molecule has 0 amide bonds. The first kappa shape index (κ1) is 10.7. The van der Waals surface area contributed by atoms with Crippen LogP contribution >= 0.6 is 0 Å². The van der Waals surface area contributed by atoms with Crippen molar-refractivity contribution in [1.29, 1.82) is 0 Å². The van der Waals surface area contributed by atoms with Crippen LogP contribution in [0.4, 0.5) is 0 Å². The summed E-state index contributed by atoms with van der Waals surface area (Å²) >= 11 is 0. The fraction of sp³-hybridized carbons (Fsp3) is 0.250. The fourth-order valence-corrected chi connectivity index (χ4v) is 1.20. The Balaban J connectivity index is 2.89. The Labute approximate surface area is 83.9 Å². The summed E-state index contributed by atoms with van der Waals surface area (Å²) in [5, 5.41) is 8.61. The van der Waals surface area contributed by atoms with E-state index >= 15 is 0 Å². The third kappa shape index (κ3) is 2.82. The molecule has 0 unspecified atom stereocenters. The van der Waals surface area contributed by atoms with Crippen LogP contribution in [0.15, 0.2) is 24.3 Å². The second kappa shape index (κ2) is 5.35. The van der Waals surface area contributed by atoms with Crippen LogP contribution in [0.25, 0.3) is 6.08 Å². The lowest BCUT2D eigenvalue weighted by molar-refractivity contribution is 0.112. The van der Waals surface area contributed by atoms with Crippen molar-refractivity contribution in [2.24, 2.45) is 0 Å². The topological polar surface area (TPSA) is 37.3 Å². The summed E-state index contributed by atoms with van der Waals surface area (Å²) in [5.74, 6) is 0. The van der Waals surface area contributed by atoms with Gasteiger partial charge in [0.1, 0.15) is 6.29 Å². The quantitative estimate of drug-likeness (QED) is 0.739. The summed E-state index contributed by atoms with van der Waals surface area (Å²) < 4.78 is 0. The molecule has 0 fully saturated rings. The Hall–Kier alpha value is -1.41. The number of rotatable bonds is 4. The number of carbonyl (C=O) groups is 1. The molecule has 0 saturated heterocycles. The Morgan fingerprint density at radius 1 is 1.43 bits per heavy atom. The molecule has 0 heterocycles. The molecule has 0 aliphatic rings. The number of benzene rings is 1. The molecule has 0 aliphatic heterocycles. The number of carbonyl (C=O) groups excluding carboxylic acids is 1. The Morgan fingerprint density at radius 3 is 2.86 bits per heavy atom. The summed E-state index contributed by atoms with van der Waals surface area (Å²) in [7, 11) is 0. The smallest absolute Gasteiger partial charge is 0.150 e. The van der Waals surface area contributed by atoms with E-state index in [4.69, 9.17) is 5.11 Å². The van der Waals surface area contributed by atoms with Crippen LogP contribution in [-0.4, -0.2) is 18.0 Å². The summed E-state index contributed by atoms with van der Waals surface area (Å²) in [6.45, 7) is 2.15. The van der Waals surface area contributed by atoms with Crippen molar-refractivity contribution in [2.75, 3.05) is 6.61 Å². The molecule has 14 heavy (non-hydrogen) atoms. The molecule has 1 N–H and O–H groups in total. The van der Waals surface area contributed by atoms with Gasteiger partial charge in [0.05, 0.1) is 0 Å². The van der Waals surface area contributed by atoms with Gasteiger partial charge < -0.3 is 5.11 Å². The van der Waals surface area contributed by atoms with E-state index in [1.54, 1.807) is 6.07 Å². The van der Waals surface area contributed by atoms with Crippen LogP contribution in [0.1, 0.15) is 27.9 Å². The second-order valence-electron chi connectivity index (χ2n) is 3.15. The number of aryl methyl sites for hydroxylation is 1. The number of hydrogen-bond acceptors (Lipinski definition) is 2. The third-order valence-corrected chi connectivity index (χ3v) is 2.03. The SMILES string of the molecule is Cc1ccc(C=O)cc1C=CCCO. The van der Waals surface area contributed by atoms with Gasteiger partial charge >= 0.3 is 0 Å². The molecule has 0 radical (unpaired) electrons. The van der Waals surface area contributed by atoms with Crippen molar-refractivity contribution in [3.8, 4) is 0 Å². The van der Waals surface area contributed by atoms with Crippen LogP contribution in [0.2, 0.25) is 0 Å². The average Bonchev–Trinajstić information content (AvgIpc) is 2.21. The van der Waals surface area contributed by atoms with Crippen molar-refractivity contribution in [2.45, 2.75) is 13.3 Å². The largest absolute Gasteiger partial charge is 0.396 e. The van der Waals surface area contributed by atoms with Gasteiger partial charge in [-0.2, -0.15) is 0 Å². The monoisotopic (exact) mass is 190 g/mol. The van der Waals surface area contributed by atoms with Gasteiger partial charge in [0.15, 0.2) is 0 Å². The van der Waals surface area contributed by atoms with E-state index in [1.807, 2.05) is 31.2 Å². The highest BCUT2D eigenvalue weighted by Crippen LogP contribution is 2.12. The molecule has 0 bridgehead atoms. The van der Waals surface area contributed by atoms with Crippen LogP contribution in [0.5, 0.6) is 0 Å². The normalized spacial score (nSPS) is 10.7. The number of aliphatic hydroxyl groups excluding tert-OH is 1. The predicted octanol–water partition coefficient (Wildman–Crippen LogP) is 2.20. The maximum Gasteiger partial charge on any atom is 0.150 e. The average molecular weight is 190 g/mol. The Morgan fingerprint density at radius 2 is 2.21 bits per heavy atom. The first-order valence-corrected chi connectivity index (χ1v) is 4.61. The van der Waals surface area contributed by atoms with E-state index in [0.717, 1.165) is 17.4 Å². The summed E-state index contributed by atoms with van der Waals surface area (Å²) in [6, 6.07) is 5.56. The molecule has 1 rings (SSSR count).